The van der Waals surface area contributed by atoms with Gasteiger partial charge < -0.3 is 15.5 Å². The smallest absolute Gasteiger partial charge is 0.333 e. The van der Waals surface area contributed by atoms with E-state index in [1.165, 1.54) is 7.11 Å². The Morgan fingerprint density at radius 2 is 2.35 bits per heavy atom. The van der Waals surface area contributed by atoms with Crippen molar-refractivity contribution >= 4 is 23.0 Å². The zero-order valence-corrected chi connectivity index (χ0v) is 9.49. The van der Waals surface area contributed by atoms with Crippen molar-refractivity contribution in [3.8, 4) is 0 Å². The normalized spacial score (nSPS) is 10.4. The quantitative estimate of drug-likeness (QED) is 0.618. The second-order valence-electron chi connectivity index (χ2n) is 3.71. The van der Waals surface area contributed by atoms with Crippen molar-refractivity contribution in [3.05, 3.63) is 35.9 Å². The van der Waals surface area contributed by atoms with Crippen molar-refractivity contribution in [3.63, 3.8) is 0 Å². The molecule has 5 heteroatoms. The van der Waals surface area contributed by atoms with E-state index in [0.717, 1.165) is 16.6 Å². The van der Waals surface area contributed by atoms with E-state index in [1.807, 2.05) is 18.2 Å². The predicted octanol–water partition coefficient (Wildman–Crippen LogP) is 1.42. The van der Waals surface area contributed by atoms with Gasteiger partial charge in [0.1, 0.15) is 0 Å². The number of rotatable bonds is 3. The number of H-pyrrole nitrogens is 1. The Kier molecular flexibility index (Phi) is 2.82. The third-order valence-electron chi connectivity index (χ3n) is 2.49. The van der Waals surface area contributed by atoms with Gasteiger partial charge >= 0.3 is 5.97 Å². The van der Waals surface area contributed by atoms with Crippen LogP contribution in [0.1, 0.15) is 5.56 Å². The molecule has 0 saturated carbocycles. The Morgan fingerprint density at radius 3 is 3.06 bits per heavy atom. The van der Waals surface area contributed by atoms with Crippen LogP contribution in [0.2, 0.25) is 0 Å². The highest BCUT2D eigenvalue weighted by Gasteiger charge is 2.11. The second-order valence-corrected chi connectivity index (χ2v) is 3.71. The molecule has 0 radical (unpaired) electrons. The summed E-state index contributed by atoms with van der Waals surface area (Å²) in [7, 11) is 1.33. The summed E-state index contributed by atoms with van der Waals surface area (Å²) < 4.78 is 4.61. The van der Waals surface area contributed by atoms with Gasteiger partial charge in [-0.1, -0.05) is 18.7 Å². The summed E-state index contributed by atoms with van der Waals surface area (Å²) in [6, 6.07) is 5.64. The number of nitrogens with zero attached hydrogens (tertiary/aromatic N) is 1. The topological polar surface area (TPSA) is 81.0 Å². The molecule has 17 heavy (non-hydrogen) atoms. The lowest BCUT2D eigenvalue weighted by atomic mass is 10.1. The van der Waals surface area contributed by atoms with Gasteiger partial charge in [0.2, 0.25) is 0 Å². The zero-order valence-electron chi connectivity index (χ0n) is 9.49. The average Bonchev–Trinajstić information content (AvgIpc) is 2.69. The molecule has 0 aliphatic carbocycles. The number of ether oxygens (including phenoxy) is 1. The van der Waals surface area contributed by atoms with Gasteiger partial charge in [-0.2, -0.15) is 0 Å². The minimum Gasteiger partial charge on any atom is -0.466 e. The number of aromatic amines is 1. The van der Waals surface area contributed by atoms with E-state index in [9.17, 15) is 4.79 Å². The van der Waals surface area contributed by atoms with Gasteiger partial charge in [0, 0.05) is 12.0 Å². The van der Waals surface area contributed by atoms with Crippen LogP contribution in [0.25, 0.3) is 11.0 Å². The highest BCUT2D eigenvalue weighted by Crippen LogP contribution is 2.19. The van der Waals surface area contributed by atoms with E-state index in [-0.39, 0.29) is 0 Å². The number of imidazole rings is 1. The Labute approximate surface area is 98.3 Å². The van der Waals surface area contributed by atoms with E-state index in [2.05, 4.69) is 21.3 Å². The molecule has 0 bridgehead atoms. The Bertz CT molecular complexity index is 586. The molecular formula is C12H13N3O2. The Morgan fingerprint density at radius 1 is 1.59 bits per heavy atom. The minimum atomic E-state index is -0.412. The van der Waals surface area contributed by atoms with Crippen LogP contribution in [-0.2, 0) is 16.0 Å². The lowest BCUT2D eigenvalue weighted by molar-refractivity contribution is -0.136. The third kappa shape index (κ3) is 2.13. The van der Waals surface area contributed by atoms with Gasteiger partial charge in [0.25, 0.3) is 0 Å². The average molecular weight is 231 g/mol. The van der Waals surface area contributed by atoms with Crippen molar-refractivity contribution < 1.29 is 9.53 Å². The van der Waals surface area contributed by atoms with E-state index < -0.39 is 5.97 Å². The van der Waals surface area contributed by atoms with Gasteiger partial charge in [0.15, 0.2) is 5.95 Å². The molecule has 0 fully saturated rings. The summed E-state index contributed by atoms with van der Waals surface area (Å²) in [6.45, 7) is 3.69. The monoisotopic (exact) mass is 231 g/mol. The molecule has 0 amide bonds. The van der Waals surface area contributed by atoms with Crippen LogP contribution >= 0.6 is 0 Å². The predicted molar refractivity (Wildman–Crippen MR) is 65.4 cm³/mol. The molecule has 2 aromatic rings. The fourth-order valence-corrected chi connectivity index (χ4v) is 1.70. The SMILES string of the molecule is C=C(Cc1cccc2[nH]c(N)nc12)C(=O)OC. The molecule has 1 heterocycles. The summed E-state index contributed by atoms with van der Waals surface area (Å²) in [4.78, 5) is 18.4. The maximum atomic E-state index is 11.3. The number of para-hydroxylation sites is 1. The summed E-state index contributed by atoms with van der Waals surface area (Å²) in [6.07, 6.45) is 0.397. The van der Waals surface area contributed by atoms with Crippen molar-refractivity contribution in [1.29, 1.82) is 0 Å². The van der Waals surface area contributed by atoms with Crippen molar-refractivity contribution in [1.82, 2.24) is 9.97 Å². The van der Waals surface area contributed by atoms with Crippen molar-refractivity contribution in [2.75, 3.05) is 12.8 Å². The molecular weight excluding hydrogens is 218 g/mol. The fraction of sp³-hybridized carbons (Fsp3) is 0.167. The first-order valence-electron chi connectivity index (χ1n) is 5.11. The Balaban J connectivity index is 2.36. The largest absolute Gasteiger partial charge is 0.466 e. The highest BCUT2D eigenvalue weighted by atomic mass is 16.5. The zero-order chi connectivity index (χ0) is 12.4. The lowest BCUT2D eigenvalue weighted by Crippen LogP contribution is -2.06. The molecule has 0 aliphatic rings. The van der Waals surface area contributed by atoms with Crippen LogP contribution in [0.5, 0.6) is 0 Å². The Hall–Kier alpha value is -2.30. The van der Waals surface area contributed by atoms with Crippen LogP contribution < -0.4 is 5.73 Å². The number of hydrogen-bond donors (Lipinski definition) is 2. The molecule has 0 aliphatic heterocycles. The minimum absolute atomic E-state index is 0.358. The number of carbonyl (C=O) groups excluding carboxylic acids is 1. The van der Waals surface area contributed by atoms with E-state index >= 15 is 0 Å². The summed E-state index contributed by atoms with van der Waals surface area (Å²) in [5, 5.41) is 0. The molecule has 0 atom stereocenters. The number of aromatic nitrogens is 2. The van der Waals surface area contributed by atoms with E-state index in [0.29, 0.717) is 17.9 Å². The number of benzene rings is 1. The van der Waals surface area contributed by atoms with Gasteiger partial charge in [-0.15, -0.1) is 0 Å². The van der Waals surface area contributed by atoms with Gasteiger partial charge in [0.05, 0.1) is 18.1 Å². The van der Waals surface area contributed by atoms with Gasteiger partial charge in [-0.05, 0) is 11.6 Å². The summed E-state index contributed by atoms with van der Waals surface area (Å²) >= 11 is 0. The van der Waals surface area contributed by atoms with Crippen LogP contribution in [-0.4, -0.2) is 23.0 Å². The fourth-order valence-electron chi connectivity index (χ4n) is 1.70. The first-order valence-corrected chi connectivity index (χ1v) is 5.11. The number of carbonyl (C=O) groups is 1. The van der Waals surface area contributed by atoms with Crippen molar-refractivity contribution in [2.45, 2.75) is 6.42 Å². The molecule has 0 unspecified atom stereocenters. The number of anilines is 1. The van der Waals surface area contributed by atoms with E-state index in [4.69, 9.17) is 5.73 Å². The van der Waals surface area contributed by atoms with Crippen molar-refractivity contribution in [2.24, 2.45) is 0 Å². The molecule has 2 rings (SSSR count). The lowest BCUT2D eigenvalue weighted by Gasteiger charge is -2.04. The van der Waals surface area contributed by atoms with Gasteiger partial charge in [-0.3, -0.25) is 0 Å². The third-order valence-corrected chi connectivity index (χ3v) is 2.49. The second kappa shape index (κ2) is 4.29. The molecule has 0 saturated heterocycles. The van der Waals surface area contributed by atoms with E-state index in [1.54, 1.807) is 0 Å². The van der Waals surface area contributed by atoms with Crippen LogP contribution in [0.4, 0.5) is 5.95 Å². The summed E-state index contributed by atoms with van der Waals surface area (Å²) in [5.41, 5.74) is 8.48. The number of nitrogen functional groups attached to an aromatic ring is 1. The standard InChI is InChI=1S/C12H13N3O2/c1-7(11(16)17-2)6-8-4-3-5-9-10(8)15-12(13)14-9/h3-5H,1,6H2,2H3,(H3,13,14,15). The molecule has 5 nitrogen and oxygen atoms in total. The first-order chi connectivity index (χ1) is 8.11. The number of esters is 1. The highest BCUT2D eigenvalue weighted by molar-refractivity contribution is 5.89. The molecule has 88 valence electrons. The van der Waals surface area contributed by atoms with Crippen LogP contribution in [0, 0.1) is 0 Å². The number of nitrogens with one attached hydrogen (secondary N) is 1. The molecule has 1 aromatic heterocycles. The summed E-state index contributed by atoms with van der Waals surface area (Å²) in [5.74, 6) is -0.0540. The number of methoxy groups -OCH3 is 1. The molecule has 3 N–H and O–H groups in total. The number of hydrogen-bond acceptors (Lipinski definition) is 4. The van der Waals surface area contributed by atoms with Gasteiger partial charge in [-0.25, -0.2) is 9.78 Å². The number of fused-ring (bicyclic) bond motifs is 1. The molecule has 0 spiro atoms. The van der Waals surface area contributed by atoms with Crippen LogP contribution in [0.15, 0.2) is 30.4 Å². The maximum absolute atomic E-state index is 11.3. The van der Waals surface area contributed by atoms with Crippen LogP contribution in [0.3, 0.4) is 0 Å². The first kappa shape index (κ1) is 11.2. The maximum Gasteiger partial charge on any atom is 0.333 e. The number of nitrogens with two attached hydrogens (primary N) is 1. The molecule has 1 aromatic carbocycles.